The largest absolute Gasteiger partial charge is 0.487 e. The van der Waals surface area contributed by atoms with E-state index in [0.29, 0.717) is 60.4 Å². The van der Waals surface area contributed by atoms with Crippen LogP contribution in [0.15, 0.2) is 21.3 Å². The van der Waals surface area contributed by atoms with Gasteiger partial charge in [0.2, 0.25) is 0 Å². The van der Waals surface area contributed by atoms with Crippen LogP contribution in [0.3, 0.4) is 0 Å². The number of hydrogen-bond donors (Lipinski definition) is 1. The smallest absolute Gasteiger partial charge is 0.336 e. The molecule has 8 nitrogen and oxygen atoms in total. The number of carbonyl (C=O) groups excluding carboxylic acids is 1. The molecule has 0 radical (unpaired) electrons. The quantitative estimate of drug-likeness (QED) is 0.745. The van der Waals surface area contributed by atoms with Crippen LogP contribution in [0.4, 0.5) is 0 Å². The molecular weight excluding hydrogens is 402 g/mol. The highest BCUT2D eigenvalue weighted by Gasteiger charge is 2.31. The summed E-state index contributed by atoms with van der Waals surface area (Å²) in [7, 11) is 0. The summed E-state index contributed by atoms with van der Waals surface area (Å²) in [5.41, 5.74) is 1.20. The molecule has 0 atom stereocenters. The zero-order chi connectivity index (χ0) is 22.3. The molecule has 2 aliphatic heterocycles. The summed E-state index contributed by atoms with van der Waals surface area (Å²) in [5, 5.41) is 9.79. The SMILES string of the molecule is Cc1cc(=O)oc2c3c(cc(OCC(=O)N4CCC(C(=O)O)CC4)c12)OC(C)(C)CC3. The fraction of sp³-hybridized carbons (Fsp3) is 0.522. The van der Waals surface area contributed by atoms with Gasteiger partial charge in [0.1, 0.15) is 22.7 Å². The van der Waals surface area contributed by atoms with E-state index in [-0.39, 0.29) is 18.1 Å². The summed E-state index contributed by atoms with van der Waals surface area (Å²) >= 11 is 0. The number of hydrogen-bond acceptors (Lipinski definition) is 6. The lowest BCUT2D eigenvalue weighted by molar-refractivity contribution is -0.146. The normalized spacial score (nSPS) is 18.4. The van der Waals surface area contributed by atoms with Crippen molar-refractivity contribution in [3.05, 3.63) is 33.7 Å². The summed E-state index contributed by atoms with van der Waals surface area (Å²) in [6.45, 7) is 6.41. The first kappa shape index (κ1) is 21.2. The van der Waals surface area contributed by atoms with Crippen LogP contribution in [-0.4, -0.2) is 47.2 Å². The van der Waals surface area contributed by atoms with Crippen LogP contribution in [0.25, 0.3) is 11.0 Å². The molecule has 8 heteroatoms. The number of nitrogens with zero attached hydrogens (tertiary/aromatic N) is 1. The number of likely N-dealkylation sites (tertiary alicyclic amines) is 1. The summed E-state index contributed by atoms with van der Waals surface area (Å²) < 4.78 is 17.6. The Labute approximate surface area is 179 Å². The van der Waals surface area contributed by atoms with Gasteiger partial charge in [-0.2, -0.15) is 0 Å². The third-order valence-corrected chi connectivity index (χ3v) is 6.15. The minimum atomic E-state index is -0.816. The summed E-state index contributed by atoms with van der Waals surface area (Å²) in [6, 6.07) is 3.18. The number of benzene rings is 1. The average Bonchev–Trinajstić information content (AvgIpc) is 2.70. The molecule has 0 spiro atoms. The molecule has 1 amide bonds. The molecule has 0 bridgehead atoms. The molecule has 0 unspecified atom stereocenters. The van der Waals surface area contributed by atoms with Gasteiger partial charge in [-0.25, -0.2) is 4.79 Å². The van der Waals surface area contributed by atoms with Crippen molar-refractivity contribution < 1.29 is 28.6 Å². The molecular formula is C23H27NO7. The van der Waals surface area contributed by atoms with Crippen molar-refractivity contribution in [3.63, 3.8) is 0 Å². The molecule has 0 saturated carbocycles. The number of aryl methyl sites for hydroxylation is 2. The Morgan fingerprint density at radius 2 is 1.97 bits per heavy atom. The van der Waals surface area contributed by atoms with E-state index in [1.807, 2.05) is 20.8 Å². The van der Waals surface area contributed by atoms with E-state index in [1.165, 1.54) is 6.07 Å². The molecule has 31 heavy (non-hydrogen) atoms. The van der Waals surface area contributed by atoms with Crippen LogP contribution >= 0.6 is 0 Å². The van der Waals surface area contributed by atoms with Gasteiger partial charge < -0.3 is 23.9 Å². The molecule has 166 valence electrons. The van der Waals surface area contributed by atoms with E-state index in [0.717, 1.165) is 12.0 Å². The number of carboxylic acid groups (broad SMARTS) is 1. The summed E-state index contributed by atoms with van der Waals surface area (Å²) in [4.78, 5) is 37.4. The van der Waals surface area contributed by atoms with Crippen molar-refractivity contribution in [3.8, 4) is 11.5 Å². The Hall–Kier alpha value is -3.03. The van der Waals surface area contributed by atoms with E-state index < -0.39 is 17.5 Å². The van der Waals surface area contributed by atoms with Crippen LogP contribution in [0.2, 0.25) is 0 Å². The zero-order valence-corrected chi connectivity index (χ0v) is 18.0. The van der Waals surface area contributed by atoms with Crippen molar-refractivity contribution >= 4 is 22.8 Å². The van der Waals surface area contributed by atoms with Gasteiger partial charge >= 0.3 is 11.6 Å². The fourth-order valence-corrected chi connectivity index (χ4v) is 4.34. The van der Waals surface area contributed by atoms with Gasteiger partial charge in [-0.15, -0.1) is 0 Å². The predicted octanol–water partition coefficient (Wildman–Crippen LogP) is 2.91. The van der Waals surface area contributed by atoms with Crippen molar-refractivity contribution in [2.24, 2.45) is 5.92 Å². The second-order valence-corrected chi connectivity index (χ2v) is 8.95. The van der Waals surface area contributed by atoms with E-state index >= 15 is 0 Å². The second kappa shape index (κ2) is 7.90. The lowest BCUT2D eigenvalue weighted by Crippen LogP contribution is -2.42. The first-order valence-electron chi connectivity index (χ1n) is 10.6. The van der Waals surface area contributed by atoms with Crippen molar-refractivity contribution in [2.45, 2.75) is 52.1 Å². The minimum absolute atomic E-state index is 0.187. The Morgan fingerprint density at radius 1 is 1.26 bits per heavy atom. The number of carboxylic acids is 1. The molecule has 4 rings (SSSR count). The van der Waals surface area contributed by atoms with Gasteiger partial charge in [-0.05, 0) is 52.0 Å². The van der Waals surface area contributed by atoms with Crippen LogP contribution < -0.4 is 15.1 Å². The molecule has 0 aliphatic carbocycles. The van der Waals surface area contributed by atoms with E-state index in [1.54, 1.807) is 11.0 Å². The van der Waals surface area contributed by atoms with Crippen molar-refractivity contribution in [1.82, 2.24) is 4.90 Å². The molecule has 2 aliphatic rings. The lowest BCUT2D eigenvalue weighted by atomic mass is 9.92. The number of fused-ring (bicyclic) bond motifs is 3. The summed E-state index contributed by atoms with van der Waals surface area (Å²) in [6.07, 6.45) is 2.38. The highest BCUT2D eigenvalue weighted by atomic mass is 16.5. The topological polar surface area (TPSA) is 106 Å². The monoisotopic (exact) mass is 429 g/mol. The Kier molecular flexibility index (Phi) is 5.41. The minimum Gasteiger partial charge on any atom is -0.487 e. The standard InChI is InChI=1S/C23H27NO7/c1-13-10-19(26)30-21-15-4-7-23(2,3)31-16(15)11-17(20(13)21)29-12-18(25)24-8-5-14(6-9-24)22(27)28/h10-11,14H,4-9,12H2,1-3H3,(H,27,28). The predicted molar refractivity (Wildman–Crippen MR) is 113 cm³/mol. The van der Waals surface area contributed by atoms with Gasteiger partial charge in [0.15, 0.2) is 6.61 Å². The number of amides is 1. The van der Waals surface area contributed by atoms with E-state index in [4.69, 9.17) is 19.0 Å². The van der Waals surface area contributed by atoms with Gasteiger partial charge in [0.25, 0.3) is 5.91 Å². The van der Waals surface area contributed by atoms with Gasteiger partial charge in [0.05, 0.1) is 11.3 Å². The maximum atomic E-state index is 12.7. The number of ether oxygens (including phenoxy) is 2. The number of carbonyl (C=O) groups is 2. The van der Waals surface area contributed by atoms with Crippen LogP contribution in [0.5, 0.6) is 11.5 Å². The van der Waals surface area contributed by atoms with Crippen molar-refractivity contribution in [2.75, 3.05) is 19.7 Å². The maximum absolute atomic E-state index is 12.7. The molecule has 1 saturated heterocycles. The number of piperidine rings is 1. The van der Waals surface area contributed by atoms with Crippen LogP contribution in [0.1, 0.15) is 44.2 Å². The van der Waals surface area contributed by atoms with Crippen molar-refractivity contribution in [1.29, 1.82) is 0 Å². The number of rotatable bonds is 4. The maximum Gasteiger partial charge on any atom is 0.336 e. The van der Waals surface area contributed by atoms with E-state index in [9.17, 15) is 14.4 Å². The second-order valence-electron chi connectivity index (χ2n) is 8.95. The highest BCUT2D eigenvalue weighted by molar-refractivity contribution is 5.91. The first-order valence-corrected chi connectivity index (χ1v) is 10.6. The molecule has 1 aromatic carbocycles. The zero-order valence-electron chi connectivity index (χ0n) is 18.0. The molecule has 1 aromatic heterocycles. The average molecular weight is 429 g/mol. The van der Waals surface area contributed by atoms with Gasteiger partial charge in [-0.1, -0.05) is 0 Å². The molecule has 3 heterocycles. The Bertz CT molecular complexity index is 1090. The third-order valence-electron chi connectivity index (χ3n) is 6.15. The number of aliphatic carboxylic acids is 1. The Balaban J connectivity index is 1.60. The summed E-state index contributed by atoms with van der Waals surface area (Å²) in [5.74, 6) is -0.390. The lowest BCUT2D eigenvalue weighted by Gasteiger charge is -2.33. The van der Waals surface area contributed by atoms with Crippen LogP contribution in [-0.2, 0) is 16.0 Å². The third kappa shape index (κ3) is 4.24. The first-order chi connectivity index (χ1) is 14.6. The molecule has 1 fully saturated rings. The highest BCUT2D eigenvalue weighted by Crippen LogP contribution is 2.42. The van der Waals surface area contributed by atoms with E-state index in [2.05, 4.69) is 0 Å². The fourth-order valence-electron chi connectivity index (χ4n) is 4.34. The van der Waals surface area contributed by atoms with Gasteiger partial charge in [0, 0.05) is 30.8 Å². The van der Waals surface area contributed by atoms with Crippen LogP contribution in [0, 0.1) is 12.8 Å². The van der Waals surface area contributed by atoms with Gasteiger partial charge in [-0.3, -0.25) is 9.59 Å². The molecule has 1 N–H and O–H groups in total. The Morgan fingerprint density at radius 3 is 2.65 bits per heavy atom. The molecule has 2 aromatic rings.